The fourth-order valence-electron chi connectivity index (χ4n) is 3.66. The van der Waals surface area contributed by atoms with Crippen LogP contribution < -0.4 is 25.0 Å². The molecule has 0 aliphatic carbocycles. The summed E-state index contributed by atoms with van der Waals surface area (Å²) in [5.41, 5.74) is 2.71. The number of methoxy groups -OCH3 is 2. The molecule has 1 saturated heterocycles. The minimum absolute atomic E-state index is 0.301. The Morgan fingerprint density at radius 3 is 2.20 bits per heavy atom. The maximum Gasteiger partial charge on any atom is 0.313 e. The summed E-state index contributed by atoms with van der Waals surface area (Å²) in [6, 6.07) is 13.1. The van der Waals surface area contributed by atoms with Gasteiger partial charge in [0.05, 0.1) is 27.3 Å². The molecule has 2 aromatic rings. The van der Waals surface area contributed by atoms with E-state index in [1.165, 1.54) is 52.1 Å². The third-order valence-corrected chi connectivity index (χ3v) is 5.34. The van der Waals surface area contributed by atoms with Crippen LogP contribution in [-0.2, 0) is 22.7 Å². The molecule has 2 amide bonds. The number of quaternary nitrogens is 1. The minimum atomic E-state index is -0.729. The lowest BCUT2D eigenvalue weighted by Gasteiger charge is -2.23. The monoisotopic (exact) mass is 412 g/mol. The molecule has 0 atom stereocenters. The van der Waals surface area contributed by atoms with E-state index in [2.05, 4.69) is 22.8 Å². The summed E-state index contributed by atoms with van der Waals surface area (Å²) in [5.74, 6) is -0.397. The summed E-state index contributed by atoms with van der Waals surface area (Å²) in [6.45, 7) is 3.83. The van der Waals surface area contributed by atoms with Crippen LogP contribution in [0.2, 0.25) is 0 Å². The molecule has 0 spiro atoms. The first-order valence-electron chi connectivity index (χ1n) is 10.3. The van der Waals surface area contributed by atoms with Crippen LogP contribution >= 0.6 is 0 Å². The Hall–Kier alpha value is -3.06. The van der Waals surface area contributed by atoms with Crippen LogP contribution in [-0.4, -0.2) is 39.1 Å². The summed E-state index contributed by atoms with van der Waals surface area (Å²) in [5, 5.41) is 5.23. The molecule has 0 bridgehead atoms. The number of carbonyl (C=O) groups excluding carboxylic acids is 2. The number of hydrogen-bond donors (Lipinski definition) is 3. The lowest BCUT2D eigenvalue weighted by atomic mass is 10.1. The molecule has 0 unspecified atom stereocenters. The van der Waals surface area contributed by atoms with Gasteiger partial charge >= 0.3 is 11.8 Å². The first-order chi connectivity index (χ1) is 14.6. The predicted octanol–water partition coefficient (Wildman–Crippen LogP) is 1.53. The number of carbonyl (C=O) groups is 2. The van der Waals surface area contributed by atoms with Crippen LogP contribution in [0.15, 0.2) is 42.5 Å². The quantitative estimate of drug-likeness (QED) is 0.603. The maximum atomic E-state index is 12.2. The number of amides is 2. The van der Waals surface area contributed by atoms with Gasteiger partial charge in [-0.25, -0.2) is 0 Å². The average molecular weight is 413 g/mol. The van der Waals surface area contributed by atoms with Crippen LogP contribution in [0.5, 0.6) is 11.5 Å². The van der Waals surface area contributed by atoms with Crippen molar-refractivity contribution >= 4 is 17.5 Å². The first kappa shape index (κ1) is 21.6. The van der Waals surface area contributed by atoms with Crippen molar-refractivity contribution in [3.63, 3.8) is 0 Å². The maximum absolute atomic E-state index is 12.2. The Kier molecular flexibility index (Phi) is 7.68. The van der Waals surface area contributed by atoms with E-state index in [4.69, 9.17) is 9.47 Å². The first-order valence-corrected chi connectivity index (χ1v) is 10.3. The Bertz CT molecular complexity index is 861. The Labute approximate surface area is 177 Å². The van der Waals surface area contributed by atoms with Crippen LogP contribution in [0, 0.1) is 0 Å². The fourth-order valence-corrected chi connectivity index (χ4v) is 3.66. The van der Waals surface area contributed by atoms with E-state index >= 15 is 0 Å². The topological polar surface area (TPSA) is 81.1 Å². The molecule has 0 radical (unpaired) electrons. The van der Waals surface area contributed by atoms with Crippen molar-refractivity contribution in [2.45, 2.75) is 32.4 Å². The second-order valence-electron chi connectivity index (χ2n) is 7.51. The predicted molar refractivity (Wildman–Crippen MR) is 115 cm³/mol. The zero-order valence-corrected chi connectivity index (χ0v) is 17.6. The van der Waals surface area contributed by atoms with E-state index in [0.29, 0.717) is 23.7 Å². The van der Waals surface area contributed by atoms with Crippen LogP contribution in [0.4, 0.5) is 5.69 Å². The normalized spacial score (nSPS) is 14.1. The van der Waals surface area contributed by atoms with E-state index in [1.807, 2.05) is 12.1 Å². The highest BCUT2D eigenvalue weighted by atomic mass is 16.5. The van der Waals surface area contributed by atoms with Crippen LogP contribution in [0.3, 0.4) is 0 Å². The second-order valence-corrected chi connectivity index (χ2v) is 7.51. The lowest BCUT2D eigenvalue weighted by molar-refractivity contribution is -0.918. The van der Waals surface area contributed by atoms with Crippen molar-refractivity contribution in [1.82, 2.24) is 5.32 Å². The van der Waals surface area contributed by atoms with E-state index in [9.17, 15) is 9.59 Å². The number of piperidine rings is 1. The molecule has 1 heterocycles. The summed E-state index contributed by atoms with van der Waals surface area (Å²) in [7, 11) is 3.04. The summed E-state index contributed by atoms with van der Waals surface area (Å²) >= 11 is 0. The Morgan fingerprint density at radius 1 is 0.867 bits per heavy atom. The number of hydrogen-bond acceptors (Lipinski definition) is 4. The molecule has 2 aromatic carbocycles. The van der Waals surface area contributed by atoms with E-state index < -0.39 is 11.8 Å². The van der Waals surface area contributed by atoms with Gasteiger partial charge in [0.1, 0.15) is 6.54 Å². The molecule has 0 saturated carbocycles. The molecule has 30 heavy (non-hydrogen) atoms. The molecule has 7 nitrogen and oxygen atoms in total. The van der Waals surface area contributed by atoms with Gasteiger partial charge in [-0.15, -0.1) is 0 Å². The zero-order valence-electron chi connectivity index (χ0n) is 17.6. The van der Waals surface area contributed by atoms with Gasteiger partial charge in [0, 0.05) is 23.9 Å². The van der Waals surface area contributed by atoms with Gasteiger partial charge in [-0.2, -0.15) is 0 Å². The number of rotatable bonds is 7. The SMILES string of the molecule is COc1ccc(NC(=O)C(=O)NCc2ccc(C[NH+]3CCCCC3)cc2)cc1OC. The third-order valence-electron chi connectivity index (χ3n) is 5.34. The average Bonchev–Trinajstić information content (AvgIpc) is 2.79. The largest absolute Gasteiger partial charge is 0.493 e. The molecule has 3 N–H and O–H groups in total. The highest BCUT2D eigenvalue weighted by Crippen LogP contribution is 2.29. The smallest absolute Gasteiger partial charge is 0.313 e. The van der Waals surface area contributed by atoms with Crippen LogP contribution in [0.1, 0.15) is 30.4 Å². The molecule has 160 valence electrons. The van der Waals surface area contributed by atoms with Gasteiger partial charge in [0.2, 0.25) is 0 Å². The Morgan fingerprint density at radius 2 is 1.53 bits per heavy atom. The highest BCUT2D eigenvalue weighted by molar-refractivity contribution is 6.39. The number of likely N-dealkylation sites (tertiary alicyclic amines) is 1. The number of anilines is 1. The molecular weight excluding hydrogens is 382 g/mol. The molecule has 1 fully saturated rings. The minimum Gasteiger partial charge on any atom is -0.493 e. The molecular formula is C23H30N3O4+. The summed E-state index contributed by atoms with van der Waals surface area (Å²) in [4.78, 5) is 25.9. The fraction of sp³-hybridized carbons (Fsp3) is 0.391. The third kappa shape index (κ3) is 5.97. The van der Waals surface area contributed by atoms with E-state index in [0.717, 1.165) is 12.1 Å². The molecule has 3 rings (SSSR count). The zero-order chi connectivity index (χ0) is 21.3. The van der Waals surface area contributed by atoms with Crippen molar-refractivity contribution in [3.8, 4) is 11.5 Å². The Balaban J connectivity index is 1.48. The van der Waals surface area contributed by atoms with Crippen molar-refractivity contribution in [2.24, 2.45) is 0 Å². The van der Waals surface area contributed by atoms with Gasteiger partial charge in [0.25, 0.3) is 0 Å². The van der Waals surface area contributed by atoms with Gasteiger partial charge in [-0.05, 0) is 37.0 Å². The van der Waals surface area contributed by atoms with Gasteiger partial charge in [0.15, 0.2) is 11.5 Å². The summed E-state index contributed by atoms with van der Waals surface area (Å²) in [6.07, 6.45) is 3.97. The number of benzene rings is 2. The van der Waals surface area contributed by atoms with Gasteiger partial charge in [-0.3, -0.25) is 9.59 Å². The molecule has 1 aliphatic rings. The molecule has 7 heteroatoms. The molecule has 1 aliphatic heterocycles. The van der Waals surface area contributed by atoms with Gasteiger partial charge < -0.3 is 25.0 Å². The second kappa shape index (κ2) is 10.6. The van der Waals surface area contributed by atoms with E-state index in [-0.39, 0.29) is 0 Å². The van der Waals surface area contributed by atoms with Crippen molar-refractivity contribution in [1.29, 1.82) is 0 Å². The number of nitrogens with one attached hydrogen (secondary N) is 3. The van der Waals surface area contributed by atoms with Gasteiger partial charge in [-0.1, -0.05) is 24.3 Å². The van der Waals surface area contributed by atoms with Crippen molar-refractivity contribution < 1.29 is 24.0 Å². The van der Waals surface area contributed by atoms with E-state index in [1.54, 1.807) is 23.1 Å². The number of ether oxygens (including phenoxy) is 2. The highest BCUT2D eigenvalue weighted by Gasteiger charge is 2.16. The van der Waals surface area contributed by atoms with Crippen molar-refractivity contribution in [2.75, 3.05) is 32.6 Å². The lowest BCUT2D eigenvalue weighted by Crippen LogP contribution is -3.11. The van der Waals surface area contributed by atoms with Crippen molar-refractivity contribution in [3.05, 3.63) is 53.6 Å². The van der Waals surface area contributed by atoms with Crippen LogP contribution in [0.25, 0.3) is 0 Å². The molecule has 0 aromatic heterocycles. The standard InChI is InChI=1S/C23H29N3O4/c1-29-20-11-10-19(14-21(20)30-2)25-23(28)22(27)24-15-17-6-8-18(9-7-17)16-26-12-4-3-5-13-26/h6-11,14H,3-5,12-13,15-16H2,1-2H3,(H,24,27)(H,25,28)/p+1. The summed E-state index contributed by atoms with van der Waals surface area (Å²) < 4.78 is 10.4.